The van der Waals surface area contributed by atoms with E-state index >= 15 is 0 Å². The molecule has 1 aromatic rings. The van der Waals surface area contributed by atoms with Gasteiger partial charge in [0.05, 0.1) is 27.9 Å². The fourth-order valence-corrected chi connectivity index (χ4v) is 3.22. The molecule has 9 heteroatoms. The Morgan fingerprint density at radius 2 is 1.72 bits per heavy atom. The first-order chi connectivity index (χ1) is 14.1. The van der Waals surface area contributed by atoms with Crippen LogP contribution < -0.4 is 24.8 Å². The lowest BCUT2D eigenvalue weighted by Gasteiger charge is -2.32. The molecule has 29 heavy (non-hydrogen) atoms. The number of benzene rings is 1. The Labute approximate surface area is 172 Å². The van der Waals surface area contributed by atoms with Gasteiger partial charge in [0.15, 0.2) is 17.5 Å². The largest absolute Gasteiger partial charge is 0.496 e. The second-order valence-electron chi connectivity index (χ2n) is 6.55. The van der Waals surface area contributed by atoms with Crippen molar-refractivity contribution in [1.29, 1.82) is 0 Å². The van der Waals surface area contributed by atoms with Gasteiger partial charge in [-0.05, 0) is 25.8 Å². The lowest BCUT2D eigenvalue weighted by molar-refractivity contribution is 0.0963. The predicted molar refractivity (Wildman–Crippen MR) is 111 cm³/mol. The predicted octanol–water partition coefficient (Wildman–Crippen LogP) is 2.00. The van der Waals surface area contributed by atoms with E-state index in [0.717, 1.165) is 18.4 Å². The van der Waals surface area contributed by atoms with E-state index in [1.807, 2.05) is 13.0 Å². The number of aliphatic imine (C=N–C) groups is 1. The number of hydrogen-bond acceptors (Lipinski definition) is 6. The smallest absolute Gasteiger partial charge is 0.409 e. The molecular formula is C20H32N4O5. The molecule has 1 amide bonds. The van der Waals surface area contributed by atoms with Gasteiger partial charge in [-0.2, -0.15) is 0 Å². The first-order valence-corrected chi connectivity index (χ1v) is 9.74. The molecule has 1 heterocycles. The Morgan fingerprint density at radius 3 is 2.28 bits per heavy atom. The van der Waals surface area contributed by atoms with Crippen molar-refractivity contribution in [2.75, 3.05) is 48.1 Å². The minimum atomic E-state index is -0.242. The molecule has 0 bridgehead atoms. The van der Waals surface area contributed by atoms with Gasteiger partial charge in [0.1, 0.15) is 5.75 Å². The van der Waals surface area contributed by atoms with Gasteiger partial charge >= 0.3 is 6.09 Å². The number of guanidine groups is 1. The number of ether oxygens (including phenoxy) is 4. The monoisotopic (exact) mass is 408 g/mol. The zero-order valence-electron chi connectivity index (χ0n) is 17.9. The van der Waals surface area contributed by atoms with Crippen molar-refractivity contribution < 1.29 is 23.7 Å². The number of nitrogens with one attached hydrogen (secondary N) is 2. The van der Waals surface area contributed by atoms with E-state index in [-0.39, 0.29) is 12.1 Å². The quantitative estimate of drug-likeness (QED) is 0.526. The maximum absolute atomic E-state index is 11.8. The number of rotatable bonds is 7. The summed E-state index contributed by atoms with van der Waals surface area (Å²) in [6.07, 6.45) is 1.42. The molecule has 0 atom stereocenters. The molecule has 2 rings (SSSR count). The first-order valence-electron chi connectivity index (χ1n) is 9.74. The van der Waals surface area contributed by atoms with Crippen LogP contribution in [0.25, 0.3) is 0 Å². The lowest BCUT2D eigenvalue weighted by atomic mass is 10.1. The number of likely N-dealkylation sites (tertiary alicyclic amines) is 1. The summed E-state index contributed by atoms with van der Waals surface area (Å²) in [6, 6.07) is 3.92. The molecule has 0 aliphatic carbocycles. The van der Waals surface area contributed by atoms with Gasteiger partial charge < -0.3 is 34.5 Å². The fourth-order valence-electron chi connectivity index (χ4n) is 3.22. The SMILES string of the molecule is CCOC(=O)N1CCC(NC(=NC)NCc2cc(OC)c(OC)cc2OC)CC1. The van der Waals surface area contributed by atoms with Crippen LogP contribution in [0.15, 0.2) is 17.1 Å². The molecule has 0 unspecified atom stereocenters. The summed E-state index contributed by atoms with van der Waals surface area (Å²) in [7, 11) is 6.54. The van der Waals surface area contributed by atoms with Gasteiger partial charge in [0.25, 0.3) is 0 Å². The topological polar surface area (TPSA) is 93.7 Å². The average Bonchev–Trinajstić information content (AvgIpc) is 2.76. The Morgan fingerprint density at radius 1 is 1.10 bits per heavy atom. The number of carbonyl (C=O) groups excluding carboxylic acids is 1. The fraction of sp³-hybridized carbons (Fsp3) is 0.600. The number of amides is 1. The maximum Gasteiger partial charge on any atom is 0.409 e. The molecule has 1 aliphatic rings. The summed E-state index contributed by atoms with van der Waals surface area (Å²) in [5.41, 5.74) is 0.922. The van der Waals surface area contributed by atoms with Crippen LogP contribution in [0, 0.1) is 0 Å². The zero-order chi connectivity index (χ0) is 21.2. The van der Waals surface area contributed by atoms with Crippen LogP contribution in [0.5, 0.6) is 17.2 Å². The summed E-state index contributed by atoms with van der Waals surface area (Å²) in [6.45, 7) is 4.04. The van der Waals surface area contributed by atoms with Crippen molar-refractivity contribution in [2.45, 2.75) is 32.4 Å². The van der Waals surface area contributed by atoms with Crippen LogP contribution in [-0.2, 0) is 11.3 Å². The van der Waals surface area contributed by atoms with Crippen molar-refractivity contribution in [2.24, 2.45) is 4.99 Å². The lowest BCUT2D eigenvalue weighted by Crippen LogP contribution is -2.49. The van der Waals surface area contributed by atoms with E-state index < -0.39 is 0 Å². The summed E-state index contributed by atoms with van der Waals surface area (Å²) in [5.74, 6) is 2.65. The highest BCUT2D eigenvalue weighted by Gasteiger charge is 2.24. The number of methoxy groups -OCH3 is 3. The highest BCUT2D eigenvalue weighted by Crippen LogP contribution is 2.34. The minimum absolute atomic E-state index is 0.235. The van der Waals surface area contributed by atoms with E-state index in [9.17, 15) is 4.79 Å². The van der Waals surface area contributed by atoms with Gasteiger partial charge in [-0.3, -0.25) is 4.99 Å². The van der Waals surface area contributed by atoms with Crippen molar-refractivity contribution in [3.63, 3.8) is 0 Å². The molecule has 2 N–H and O–H groups in total. The van der Waals surface area contributed by atoms with Gasteiger partial charge in [-0.25, -0.2) is 4.79 Å². The Bertz CT molecular complexity index is 702. The second kappa shape index (κ2) is 11.2. The van der Waals surface area contributed by atoms with E-state index in [4.69, 9.17) is 18.9 Å². The highest BCUT2D eigenvalue weighted by atomic mass is 16.6. The Balaban J connectivity index is 1.92. The molecule has 1 aromatic carbocycles. The number of carbonyl (C=O) groups is 1. The van der Waals surface area contributed by atoms with Crippen molar-refractivity contribution in [1.82, 2.24) is 15.5 Å². The maximum atomic E-state index is 11.8. The molecule has 1 fully saturated rings. The third-order valence-electron chi connectivity index (χ3n) is 4.82. The van der Waals surface area contributed by atoms with Crippen molar-refractivity contribution in [3.05, 3.63) is 17.7 Å². The molecule has 1 aliphatic heterocycles. The van der Waals surface area contributed by atoms with Crippen LogP contribution >= 0.6 is 0 Å². The average molecular weight is 408 g/mol. The summed E-state index contributed by atoms with van der Waals surface area (Å²) < 4.78 is 21.2. The Hall–Kier alpha value is -2.84. The van der Waals surface area contributed by atoms with Crippen molar-refractivity contribution in [3.8, 4) is 17.2 Å². The van der Waals surface area contributed by atoms with E-state index in [0.29, 0.717) is 49.4 Å². The number of nitrogens with zero attached hydrogens (tertiary/aromatic N) is 2. The van der Waals surface area contributed by atoms with Gasteiger partial charge in [0.2, 0.25) is 0 Å². The van der Waals surface area contributed by atoms with Gasteiger partial charge in [-0.1, -0.05) is 0 Å². The molecular weight excluding hydrogens is 376 g/mol. The molecule has 0 radical (unpaired) electrons. The number of hydrogen-bond donors (Lipinski definition) is 2. The second-order valence-corrected chi connectivity index (χ2v) is 6.55. The standard InChI is InChI=1S/C20H32N4O5/c1-6-29-20(25)24-9-7-15(8-10-24)23-19(21-2)22-13-14-11-17(27-4)18(28-5)12-16(14)26-3/h11-12,15H,6-10,13H2,1-5H3,(H2,21,22,23). The Kier molecular flexibility index (Phi) is 8.69. The van der Waals surface area contributed by atoms with Gasteiger partial charge in [-0.15, -0.1) is 0 Å². The van der Waals surface area contributed by atoms with Crippen molar-refractivity contribution >= 4 is 12.1 Å². The van der Waals surface area contributed by atoms with Gasteiger partial charge in [0, 0.05) is 44.4 Å². The van der Waals surface area contributed by atoms with E-state index in [1.54, 1.807) is 39.3 Å². The minimum Gasteiger partial charge on any atom is -0.496 e. The van der Waals surface area contributed by atoms with E-state index in [1.165, 1.54) is 0 Å². The van der Waals surface area contributed by atoms with Crippen LogP contribution in [0.4, 0.5) is 4.79 Å². The normalized spacial score (nSPS) is 14.9. The molecule has 9 nitrogen and oxygen atoms in total. The van der Waals surface area contributed by atoms with Crippen LogP contribution in [0.2, 0.25) is 0 Å². The van der Waals surface area contributed by atoms with Crippen LogP contribution in [-0.4, -0.2) is 71.1 Å². The molecule has 0 spiro atoms. The molecule has 0 saturated carbocycles. The van der Waals surface area contributed by atoms with E-state index in [2.05, 4.69) is 15.6 Å². The summed E-state index contributed by atoms with van der Waals surface area (Å²) in [4.78, 5) is 17.9. The molecule has 162 valence electrons. The third kappa shape index (κ3) is 6.07. The zero-order valence-corrected chi connectivity index (χ0v) is 17.9. The number of piperidine rings is 1. The molecule has 1 saturated heterocycles. The molecule has 0 aromatic heterocycles. The highest BCUT2D eigenvalue weighted by molar-refractivity contribution is 5.80. The van der Waals surface area contributed by atoms with Crippen LogP contribution in [0.3, 0.4) is 0 Å². The summed E-state index contributed by atoms with van der Waals surface area (Å²) >= 11 is 0. The van der Waals surface area contributed by atoms with Crippen LogP contribution in [0.1, 0.15) is 25.3 Å². The third-order valence-corrected chi connectivity index (χ3v) is 4.82. The summed E-state index contributed by atoms with van der Waals surface area (Å²) in [5, 5.41) is 6.73. The first kappa shape index (κ1) is 22.4.